The molecule has 3 rings (SSSR count). The third-order valence-corrected chi connectivity index (χ3v) is 4.74. The SMILES string of the molecule is N#Cc1ccc(Oc2ccc(NC(=O)N3CCC(CN)(C(F)F)C3)cn2)cc1. The van der Waals surface area contributed by atoms with Crippen LogP contribution in [0.5, 0.6) is 11.6 Å². The number of carbonyl (C=O) groups excluding carboxylic acids is 1. The Bertz CT molecular complexity index is 867. The van der Waals surface area contributed by atoms with Crippen LogP contribution in [0.3, 0.4) is 0 Å². The number of alkyl halides is 2. The van der Waals surface area contributed by atoms with Gasteiger partial charge in [0, 0.05) is 25.7 Å². The van der Waals surface area contributed by atoms with Crippen LogP contribution in [0.25, 0.3) is 0 Å². The number of anilines is 1. The molecular weight excluding hydrogens is 368 g/mol. The first-order valence-corrected chi connectivity index (χ1v) is 8.64. The molecule has 28 heavy (non-hydrogen) atoms. The second kappa shape index (κ2) is 8.19. The summed E-state index contributed by atoms with van der Waals surface area (Å²) in [4.78, 5) is 17.8. The number of nitrogens with zero attached hydrogens (tertiary/aromatic N) is 3. The van der Waals surface area contributed by atoms with Crippen molar-refractivity contribution in [3.8, 4) is 17.7 Å². The third-order valence-electron chi connectivity index (χ3n) is 4.74. The van der Waals surface area contributed by atoms with E-state index in [1.54, 1.807) is 36.4 Å². The van der Waals surface area contributed by atoms with Gasteiger partial charge in [-0.1, -0.05) is 0 Å². The lowest BCUT2D eigenvalue weighted by atomic mass is 9.88. The number of carbonyl (C=O) groups is 1. The summed E-state index contributed by atoms with van der Waals surface area (Å²) >= 11 is 0. The topological polar surface area (TPSA) is 104 Å². The van der Waals surface area contributed by atoms with Crippen molar-refractivity contribution < 1.29 is 18.3 Å². The molecule has 2 aromatic rings. The number of hydrogen-bond donors (Lipinski definition) is 2. The Labute approximate surface area is 160 Å². The van der Waals surface area contributed by atoms with Crippen molar-refractivity contribution in [1.29, 1.82) is 5.26 Å². The number of urea groups is 1. The maximum atomic E-state index is 13.2. The molecule has 1 aliphatic rings. The highest BCUT2D eigenvalue weighted by Crippen LogP contribution is 2.35. The summed E-state index contributed by atoms with van der Waals surface area (Å²) in [7, 11) is 0. The van der Waals surface area contributed by atoms with Crippen LogP contribution in [0.15, 0.2) is 42.6 Å². The van der Waals surface area contributed by atoms with Crippen LogP contribution in [-0.4, -0.2) is 42.0 Å². The fraction of sp³-hybridized carbons (Fsp3) is 0.316. The number of likely N-dealkylation sites (tertiary alicyclic amines) is 1. The highest BCUT2D eigenvalue weighted by Gasteiger charge is 2.46. The number of amides is 2. The van der Waals surface area contributed by atoms with Crippen LogP contribution < -0.4 is 15.8 Å². The molecule has 1 unspecified atom stereocenters. The van der Waals surface area contributed by atoms with Gasteiger partial charge in [0.15, 0.2) is 0 Å². The molecule has 1 atom stereocenters. The van der Waals surface area contributed by atoms with Crippen molar-refractivity contribution in [3.05, 3.63) is 48.2 Å². The maximum absolute atomic E-state index is 13.2. The van der Waals surface area contributed by atoms with Crippen molar-refractivity contribution in [2.45, 2.75) is 12.8 Å². The number of nitriles is 1. The number of nitrogens with two attached hydrogens (primary N) is 1. The number of rotatable bonds is 5. The molecule has 0 radical (unpaired) electrons. The minimum absolute atomic E-state index is 0.0830. The van der Waals surface area contributed by atoms with Gasteiger partial charge in [-0.25, -0.2) is 18.6 Å². The van der Waals surface area contributed by atoms with Gasteiger partial charge < -0.3 is 20.7 Å². The van der Waals surface area contributed by atoms with E-state index in [0.717, 1.165) is 0 Å². The first kappa shape index (κ1) is 19.5. The maximum Gasteiger partial charge on any atom is 0.321 e. The molecule has 7 nitrogen and oxygen atoms in total. The molecule has 1 fully saturated rings. The number of nitrogens with one attached hydrogen (secondary N) is 1. The first-order chi connectivity index (χ1) is 13.5. The summed E-state index contributed by atoms with van der Waals surface area (Å²) in [5, 5.41) is 11.4. The molecule has 0 bridgehead atoms. The summed E-state index contributed by atoms with van der Waals surface area (Å²) in [6, 6.07) is 11.3. The minimum Gasteiger partial charge on any atom is -0.439 e. The Morgan fingerprint density at radius 3 is 2.64 bits per heavy atom. The summed E-state index contributed by atoms with van der Waals surface area (Å²) < 4.78 is 32.1. The van der Waals surface area contributed by atoms with Crippen molar-refractivity contribution in [3.63, 3.8) is 0 Å². The molecule has 1 aromatic heterocycles. The normalized spacial score (nSPS) is 18.8. The number of hydrogen-bond acceptors (Lipinski definition) is 5. The fourth-order valence-corrected chi connectivity index (χ4v) is 2.94. The van der Waals surface area contributed by atoms with Crippen LogP contribution in [0.2, 0.25) is 0 Å². The number of halogens is 2. The van der Waals surface area contributed by atoms with E-state index in [4.69, 9.17) is 15.7 Å². The molecule has 0 aliphatic carbocycles. The average molecular weight is 387 g/mol. The van der Waals surface area contributed by atoms with E-state index in [-0.39, 0.29) is 26.1 Å². The van der Waals surface area contributed by atoms with Gasteiger partial charge in [0.25, 0.3) is 0 Å². The van der Waals surface area contributed by atoms with E-state index >= 15 is 0 Å². The molecule has 9 heteroatoms. The smallest absolute Gasteiger partial charge is 0.321 e. The molecule has 2 amide bonds. The van der Waals surface area contributed by atoms with Gasteiger partial charge in [-0.2, -0.15) is 5.26 Å². The first-order valence-electron chi connectivity index (χ1n) is 8.64. The highest BCUT2D eigenvalue weighted by molar-refractivity contribution is 5.89. The number of pyridine rings is 1. The number of ether oxygens (including phenoxy) is 1. The van der Waals surface area contributed by atoms with Crippen LogP contribution in [0.4, 0.5) is 19.3 Å². The van der Waals surface area contributed by atoms with Gasteiger partial charge in [0.1, 0.15) is 5.75 Å². The number of aromatic nitrogens is 1. The van der Waals surface area contributed by atoms with Crippen molar-refractivity contribution in [2.24, 2.45) is 11.1 Å². The largest absolute Gasteiger partial charge is 0.439 e. The summed E-state index contributed by atoms with van der Waals surface area (Å²) in [5.41, 5.74) is 5.10. The molecule has 1 saturated heterocycles. The summed E-state index contributed by atoms with van der Waals surface area (Å²) in [6.07, 6.45) is -0.990. The Morgan fingerprint density at radius 2 is 2.11 bits per heavy atom. The molecular formula is C19H19F2N5O2. The second-order valence-electron chi connectivity index (χ2n) is 6.59. The van der Waals surface area contributed by atoms with E-state index in [9.17, 15) is 13.6 Å². The van der Waals surface area contributed by atoms with E-state index < -0.39 is 17.9 Å². The Balaban J connectivity index is 1.58. The van der Waals surface area contributed by atoms with Gasteiger partial charge in [-0.05, 0) is 36.8 Å². The van der Waals surface area contributed by atoms with E-state index in [0.29, 0.717) is 22.9 Å². The summed E-state index contributed by atoms with van der Waals surface area (Å²) in [6.45, 7) is -0.0294. The van der Waals surface area contributed by atoms with Crippen molar-refractivity contribution >= 4 is 11.7 Å². The Hall–Kier alpha value is -3.25. The van der Waals surface area contributed by atoms with Crippen LogP contribution in [0, 0.1) is 16.7 Å². The Kier molecular flexibility index (Phi) is 5.70. The summed E-state index contributed by atoms with van der Waals surface area (Å²) in [5.74, 6) is 0.828. The molecule has 0 saturated carbocycles. The monoisotopic (exact) mass is 387 g/mol. The standard InChI is InChI=1S/C19H19F2N5O2/c20-17(21)19(11-23)7-8-26(12-19)18(27)25-14-3-6-16(24-10-14)28-15-4-1-13(9-22)2-5-15/h1-6,10,17H,7-8,11-12,23H2,(H,25,27). The van der Waals surface area contributed by atoms with Crippen LogP contribution >= 0.6 is 0 Å². The van der Waals surface area contributed by atoms with Gasteiger partial charge in [-0.15, -0.1) is 0 Å². The highest BCUT2D eigenvalue weighted by atomic mass is 19.3. The lowest BCUT2D eigenvalue weighted by molar-refractivity contribution is 0.00947. The van der Waals surface area contributed by atoms with E-state index in [1.807, 2.05) is 6.07 Å². The zero-order valence-corrected chi connectivity index (χ0v) is 14.9. The molecule has 146 valence electrons. The molecule has 0 spiro atoms. The van der Waals surface area contributed by atoms with Gasteiger partial charge in [-0.3, -0.25) is 0 Å². The van der Waals surface area contributed by atoms with Gasteiger partial charge >= 0.3 is 6.03 Å². The lowest BCUT2D eigenvalue weighted by Gasteiger charge is -2.26. The second-order valence-corrected chi connectivity index (χ2v) is 6.59. The quantitative estimate of drug-likeness (QED) is 0.820. The molecule has 1 aromatic carbocycles. The lowest BCUT2D eigenvalue weighted by Crippen LogP contribution is -2.42. The van der Waals surface area contributed by atoms with E-state index in [2.05, 4.69) is 10.3 Å². The average Bonchev–Trinajstić information content (AvgIpc) is 3.16. The van der Waals surface area contributed by atoms with Crippen LogP contribution in [-0.2, 0) is 0 Å². The number of benzene rings is 1. The molecule has 1 aliphatic heterocycles. The Morgan fingerprint density at radius 1 is 1.36 bits per heavy atom. The fourth-order valence-electron chi connectivity index (χ4n) is 2.94. The van der Waals surface area contributed by atoms with Crippen LogP contribution in [0.1, 0.15) is 12.0 Å². The predicted octanol–water partition coefficient (Wildman–Crippen LogP) is 3.19. The molecule has 3 N–H and O–H groups in total. The van der Waals surface area contributed by atoms with Crippen molar-refractivity contribution in [2.75, 3.05) is 25.0 Å². The van der Waals surface area contributed by atoms with Gasteiger partial charge in [0.2, 0.25) is 12.3 Å². The molecule has 2 heterocycles. The minimum atomic E-state index is -2.57. The van der Waals surface area contributed by atoms with Crippen molar-refractivity contribution in [1.82, 2.24) is 9.88 Å². The third kappa shape index (κ3) is 4.18. The predicted molar refractivity (Wildman–Crippen MR) is 98.2 cm³/mol. The zero-order chi connectivity index (χ0) is 20.1. The van der Waals surface area contributed by atoms with E-state index in [1.165, 1.54) is 11.1 Å². The van der Waals surface area contributed by atoms with Gasteiger partial charge in [0.05, 0.1) is 28.9 Å². The zero-order valence-electron chi connectivity index (χ0n) is 14.9.